The highest BCUT2D eigenvalue weighted by atomic mass is 16.4. The number of carbonyl (C=O) groups excluding carboxylic acids is 2. The van der Waals surface area contributed by atoms with Gasteiger partial charge in [0.25, 0.3) is 0 Å². The summed E-state index contributed by atoms with van der Waals surface area (Å²) in [5.41, 5.74) is 0.212. The molecule has 0 spiro atoms. The van der Waals surface area contributed by atoms with Crippen LogP contribution in [0.2, 0.25) is 0 Å². The molecule has 0 aliphatic carbocycles. The van der Waals surface area contributed by atoms with Gasteiger partial charge in [0.15, 0.2) is 0 Å². The number of carbonyl (C=O) groups is 3. The van der Waals surface area contributed by atoms with Gasteiger partial charge in [-0.15, -0.1) is 0 Å². The minimum absolute atomic E-state index is 0.0840. The van der Waals surface area contributed by atoms with Gasteiger partial charge >= 0.3 is 5.97 Å². The second-order valence-corrected chi connectivity index (χ2v) is 6.76. The molecule has 0 bridgehead atoms. The van der Waals surface area contributed by atoms with E-state index < -0.39 is 11.4 Å². The maximum absolute atomic E-state index is 11.8. The van der Waals surface area contributed by atoms with Crippen LogP contribution in [0.5, 0.6) is 0 Å². The van der Waals surface area contributed by atoms with E-state index in [0.717, 1.165) is 6.42 Å². The summed E-state index contributed by atoms with van der Waals surface area (Å²) in [6, 6.07) is 6.65. The van der Waals surface area contributed by atoms with Crippen LogP contribution in [0, 0.1) is 5.92 Å². The van der Waals surface area contributed by atoms with E-state index >= 15 is 0 Å². The molecular formula is C18H26N2O4. The molecule has 0 unspecified atom stereocenters. The maximum Gasteiger partial charge on any atom is 0.313 e. The molecule has 0 saturated heterocycles. The topological polar surface area (TPSA) is 95.5 Å². The molecule has 6 heteroatoms. The first-order valence-corrected chi connectivity index (χ1v) is 8.03. The number of anilines is 1. The highest BCUT2D eigenvalue weighted by molar-refractivity contribution is 5.94. The number of hydrogen-bond acceptors (Lipinski definition) is 3. The number of amides is 2. The summed E-state index contributed by atoms with van der Waals surface area (Å²) in [4.78, 5) is 34.6. The average molecular weight is 334 g/mol. The van der Waals surface area contributed by atoms with Crippen molar-refractivity contribution < 1.29 is 19.5 Å². The molecule has 0 atom stereocenters. The molecule has 0 aliphatic heterocycles. The van der Waals surface area contributed by atoms with E-state index in [2.05, 4.69) is 10.6 Å². The van der Waals surface area contributed by atoms with Gasteiger partial charge in [-0.2, -0.15) is 0 Å². The predicted molar refractivity (Wildman–Crippen MR) is 92.8 cm³/mol. The molecule has 6 nitrogen and oxygen atoms in total. The van der Waals surface area contributed by atoms with Crippen molar-refractivity contribution in [1.82, 2.24) is 5.32 Å². The van der Waals surface area contributed by atoms with Gasteiger partial charge < -0.3 is 15.7 Å². The van der Waals surface area contributed by atoms with Gasteiger partial charge in [-0.25, -0.2) is 0 Å². The summed E-state index contributed by atoms with van der Waals surface area (Å²) < 4.78 is 0. The van der Waals surface area contributed by atoms with Crippen molar-refractivity contribution in [3.63, 3.8) is 0 Å². The van der Waals surface area contributed by atoms with Gasteiger partial charge in [-0.05, 0) is 43.9 Å². The van der Waals surface area contributed by atoms with Crippen LogP contribution >= 0.6 is 0 Å². The normalized spacial score (nSPS) is 11.2. The number of carboxylic acids is 1. The quantitative estimate of drug-likeness (QED) is 0.681. The van der Waals surface area contributed by atoms with E-state index in [1.807, 2.05) is 13.8 Å². The summed E-state index contributed by atoms with van der Waals surface area (Å²) in [7, 11) is 0. The molecule has 1 rings (SSSR count). The molecule has 0 heterocycles. The van der Waals surface area contributed by atoms with Gasteiger partial charge in [-0.1, -0.05) is 26.0 Å². The Labute approximate surface area is 142 Å². The molecule has 0 radical (unpaired) electrons. The Bertz CT molecular complexity index is 592. The molecule has 0 aromatic heterocycles. The molecule has 0 saturated carbocycles. The number of hydrogen-bond donors (Lipinski definition) is 3. The number of nitrogens with one attached hydrogen (secondary N) is 2. The maximum atomic E-state index is 11.8. The molecular weight excluding hydrogens is 308 g/mol. The van der Waals surface area contributed by atoms with Gasteiger partial charge in [0.2, 0.25) is 11.8 Å². The summed E-state index contributed by atoms with van der Waals surface area (Å²) in [6.45, 7) is 7.23. The minimum Gasteiger partial charge on any atom is -0.481 e. The molecule has 3 N–H and O–H groups in total. The monoisotopic (exact) mass is 334 g/mol. The zero-order valence-corrected chi connectivity index (χ0v) is 14.7. The lowest BCUT2D eigenvalue weighted by Crippen LogP contribution is -2.33. The third-order valence-corrected chi connectivity index (χ3v) is 3.82. The van der Waals surface area contributed by atoms with Crippen molar-refractivity contribution in [2.24, 2.45) is 5.92 Å². The van der Waals surface area contributed by atoms with E-state index in [1.54, 1.807) is 38.1 Å². The van der Waals surface area contributed by atoms with Crippen LogP contribution in [0.4, 0.5) is 5.69 Å². The number of benzene rings is 1. The first-order valence-electron chi connectivity index (χ1n) is 8.03. The van der Waals surface area contributed by atoms with E-state index in [9.17, 15) is 19.5 Å². The van der Waals surface area contributed by atoms with E-state index in [4.69, 9.17) is 0 Å². The molecule has 24 heavy (non-hydrogen) atoms. The second-order valence-electron chi connectivity index (χ2n) is 6.76. The Morgan fingerprint density at radius 1 is 1.08 bits per heavy atom. The fourth-order valence-corrected chi connectivity index (χ4v) is 1.99. The van der Waals surface area contributed by atoms with Crippen molar-refractivity contribution in [3.05, 3.63) is 29.8 Å². The zero-order valence-electron chi connectivity index (χ0n) is 14.7. The average Bonchev–Trinajstić information content (AvgIpc) is 2.51. The Morgan fingerprint density at radius 3 is 2.17 bits per heavy atom. The highest BCUT2D eigenvalue weighted by Gasteiger charge is 2.29. The van der Waals surface area contributed by atoms with E-state index in [0.29, 0.717) is 23.6 Å². The van der Waals surface area contributed by atoms with Crippen molar-refractivity contribution in [1.29, 1.82) is 0 Å². The standard InChI is InChI=1S/C18H26N2O4/c1-12(2)5-10-15(21)19-11-16(22)20-14-8-6-13(7-9-14)18(3,4)17(23)24/h6-9,12H,5,10-11H2,1-4H3,(H,19,21)(H,20,22)(H,23,24). The Kier molecular flexibility index (Phi) is 6.95. The third kappa shape index (κ3) is 6.02. The van der Waals surface area contributed by atoms with Gasteiger partial charge in [-0.3, -0.25) is 14.4 Å². The first-order chi connectivity index (χ1) is 11.1. The Balaban J connectivity index is 2.51. The highest BCUT2D eigenvalue weighted by Crippen LogP contribution is 2.24. The van der Waals surface area contributed by atoms with E-state index in [1.165, 1.54) is 0 Å². The minimum atomic E-state index is -0.993. The Hall–Kier alpha value is -2.37. The third-order valence-electron chi connectivity index (χ3n) is 3.82. The lowest BCUT2D eigenvalue weighted by Gasteiger charge is -2.19. The smallest absolute Gasteiger partial charge is 0.313 e. The first kappa shape index (κ1) is 19.7. The molecule has 1 aromatic carbocycles. The SMILES string of the molecule is CC(C)CCC(=O)NCC(=O)Nc1ccc(C(C)(C)C(=O)O)cc1. The number of carboxylic acid groups (broad SMARTS) is 1. The number of aliphatic carboxylic acids is 1. The summed E-state index contributed by atoms with van der Waals surface area (Å²) in [5.74, 6) is -0.933. The largest absolute Gasteiger partial charge is 0.481 e. The van der Waals surface area contributed by atoms with Crippen LogP contribution in [0.3, 0.4) is 0 Å². The van der Waals surface area contributed by atoms with Gasteiger partial charge in [0, 0.05) is 12.1 Å². The zero-order chi connectivity index (χ0) is 18.3. The number of rotatable bonds is 8. The van der Waals surface area contributed by atoms with Crippen LogP contribution in [-0.2, 0) is 19.8 Å². The van der Waals surface area contributed by atoms with Gasteiger partial charge in [0.1, 0.15) is 0 Å². The van der Waals surface area contributed by atoms with Gasteiger partial charge in [0.05, 0.1) is 12.0 Å². The Morgan fingerprint density at radius 2 is 1.67 bits per heavy atom. The molecule has 0 aliphatic rings. The summed E-state index contributed by atoms with van der Waals surface area (Å²) in [6.07, 6.45) is 1.19. The fraction of sp³-hybridized carbons (Fsp3) is 0.500. The van der Waals surface area contributed by atoms with Crippen LogP contribution in [-0.4, -0.2) is 29.4 Å². The van der Waals surface area contributed by atoms with Crippen LogP contribution in [0.1, 0.15) is 46.1 Å². The van der Waals surface area contributed by atoms with Crippen molar-refractivity contribution in [3.8, 4) is 0 Å². The molecule has 1 aromatic rings. The lowest BCUT2D eigenvalue weighted by atomic mass is 9.85. The van der Waals surface area contributed by atoms with Crippen molar-refractivity contribution in [2.75, 3.05) is 11.9 Å². The summed E-state index contributed by atoms with van der Waals surface area (Å²) >= 11 is 0. The van der Waals surface area contributed by atoms with Crippen LogP contribution in [0.15, 0.2) is 24.3 Å². The molecule has 132 valence electrons. The molecule has 0 fully saturated rings. The van der Waals surface area contributed by atoms with Crippen LogP contribution in [0.25, 0.3) is 0 Å². The van der Waals surface area contributed by atoms with Crippen molar-refractivity contribution in [2.45, 2.75) is 46.0 Å². The summed E-state index contributed by atoms with van der Waals surface area (Å²) in [5, 5.41) is 14.4. The van der Waals surface area contributed by atoms with Crippen molar-refractivity contribution >= 4 is 23.5 Å². The van der Waals surface area contributed by atoms with E-state index in [-0.39, 0.29) is 18.4 Å². The fourth-order valence-electron chi connectivity index (χ4n) is 1.99. The lowest BCUT2D eigenvalue weighted by molar-refractivity contribution is -0.142. The van der Waals surface area contributed by atoms with Crippen LogP contribution < -0.4 is 10.6 Å². The predicted octanol–water partition coefficient (Wildman–Crippen LogP) is 2.54. The molecule has 2 amide bonds. The second kappa shape index (κ2) is 8.47.